The molecule has 0 unspecified atom stereocenters. The first-order chi connectivity index (χ1) is 15.7. The van der Waals surface area contributed by atoms with Gasteiger partial charge in [-0.1, -0.05) is 36.4 Å². The van der Waals surface area contributed by atoms with E-state index in [9.17, 15) is 0 Å². The molecule has 2 heterocycles. The maximum atomic E-state index is 4.80. The number of aromatic nitrogens is 3. The molecular weight excluding hydrogens is 396 g/mol. The molecule has 4 aromatic rings. The summed E-state index contributed by atoms with van der Waals surface area (Å²) < 4.78 is 0. The first-order valence-electron chi connectivity index (χ1n) is 11.4. The van der Waals surface area contributed by atoms with Gasteiger partial charge in [-0.15, -0.1) is 0 Å². The summed E-state index contributed by atoms with van der Waals surface area (Å²) in [5.41, 5.74) is 3.35. The van der Waals surface area contributed by atoms with E-state index in [4.69, 9.17) is 9.97 Å². The molecule has 1 saturated carbocycles. The van der Waals surface area contributed by atoms with Crippen LogP contribution in [0, 0.1) is 0 Å². The van der Waals surface area contributed by atoms with E-state index in [2.05, 4.69) is 56.9 Å². The Hall–Kier alpha value is -3.25. The van der Waals surface area contributed by atoms with Crippen LogP contribution in [0.15, 0.2) is 60.8 Å². The second-order valence-corrected chi connectivity index (χ2v) is 8.85. The van der Waals surface area contributed by atoms with Crippen LogP contribution in [0.3, 0.4) is 0 Å². The van der Waals surface area contributed by atoms with Crippen molar-refractivity contribution in [1.82, 2.24) is 20.3 Å². The molecule has 2 N–H and O–H groups in total. The molecule has 1 aliphatic rings. The normalized spacial score (nSPS) is 18.7. The number of fused-ring (bicyclic) bond motifs is 2. The van der Waals surface area contributed by atoms with Gasteiger partial charge in [0.25, 0.3) is 0 Å². The number of hydrogen-bond acceptors (Lipinski definition) is 6. The lowest BCUT2D eigenvalue weighted by molar-refractivity contribution is 0.352. The van der Waals surface area contributed by atoms with Crippen molar-refractivity contribution in [1.29, 1.82) is 0 Å². The zero-order valence-corrected chi connectivity index (χ0v) is 18.8. The summed E-state index contributed by atoms with van der Waals surface area (Å²) in [5.74, 6) is 1.68. The predicted octanol–water partition coefficient (Wildman–Crippen LogP) is 4.76. The zero-order valence-electron chi connectivity index (χ0n) is 18.8. The van der Waals surface area contributed by atoms with Gasteiger partial charge in [0.05, 0.1) is 11.0 Å². The van der Waals surface area contributed by atoms with Crippen LogP contribution in [0.2, 0.25) is 0 Å². The van der Waals surface area contributed by atoms with Crippen LogP contribution in [0.25, 0.3) is 21.8 Å². The number of pyridine rings is 1. The van der Waals surface area contributed by atoms with Crippen molar-refractivity contribution in [3.63, 3.8) is 0 Å². The molecule has 0 bridgehead atoms. The Labute approximate surface area is 189 Å². The predicted molar refractivity (Wildman–Crippen MR) is 132 cm³/mol. The van der Waals surface area contributed by atoms with E-state index in [0.29, 0.717) is 12.1 Å². The lowest BCUT2D eigenvalue weighted by Crippen LogP contribution is -2.37. The van der Waals surface area contributed by atoms with E-state index in [-0.39, 0.29) is 0 Å². The zero-order chi connectivity index (χ0) is 21.9. The summed E-state index contributed by atoms with van der Waals surface area (Å²) in [6, 6.07) is 19.7. The molecule has 1 aliphatic carbocycles. The smallest absolute Gasteiger partial charge is 0.225 e. The average molecular weight is 427 g/mol. The topological polar surface area (TPSA) is 66.0 Å². The van der Waals surface area contributed by atoms with E-state index in [1.165, 1.54) is 10.9 Å². The van der Waals surface area contributed by atoms with Crippen molar-refractivity contribution >= 4 is 33.6 Å². The first kappa shape index (κ1) is 20.6. The number of nitrogens with zero attached hydrogens (tertiary/aromatic N) is 4. The molecule has 32 heavy (non-hydrogen) atoms. The minimum absolute atomic E-state index is 0.406. The van der Waals surface area contributed by atoms with Gasteiger partial charge in [0.2, 0.25) is 5.95 Å². The Bertz CT molecular complexity index is 1210. The Kier molecular flexibility index (Phi) is 5.86. The molecule has 2 aromatic carbocycles. The number of benzene rings is 2. The molecule has 6 nitrogen and oxygen atoms in total. The Morgan fingerprint density at radius 2 is 1.66 bits per heavy atom. The van der Waals surface area contributed by atoms with Gasteiger partial charge in [-0.2, -0.15) is 4.98 Å². The van der Waals surface area contributed by atoms with Crippen LogP contribution >= 0.6 is 0 Å². The summed E-state index contributed by atoms with van der Waals surface area (Å²) in [7, 11) is 4.06. The van der Waals surface area contributed by atoms with Crippen LogP contribution in [0.4, 0.5) is 11.8 Å². The highest BCUT2D eigenvalue weighted by Gasteiger charge is 2.22. The van der Waals surface area contributed by atoms with Crippen LogP contribution < -0.4 is 15.5 Å². The molecule has 0 aliphatic heterocycles. The number of nitrogens with one attached hydrogen (secondary N) is 2. The Morgan fingerprint density at radius 1 is 0.875 bits per heavy atom. The maximum Gasteiger partial charge on any atom is 0.225 e. The maximum absolute atomic E-state index is 4.80. The third-order valence-electron chi connectivity index (χ3n) is 6.36. The molecule has 164 valence electrons. The fraction of sp³-hybridized carbons (Fsp3) is 0.346. The standard InChI is InChI=1S/C26H30N6/c1-32(2)25-22-10-3-4-11-23(22)30-26(31-25)29-21-14-12-20(13-15-21)28-17-19-8-5-7-18-9-6-16-27-24(18)19/h3-11,16,20-21,28H,12-15,17H2,1-2H3,(H,29,30,31)/t20-,21+. The van der Waals surface area contributed by atoms with Gasteiger partial charge >= 0.3 is 0 Å². The van der Waals surface area contributed by atoms with E-state index in [0.717, 1.165) is 60.4 Å². The van der Waals surface area contributed by atoms with Crippen molar-refractivity contribution in [2.75, 3.05) is 24.3 Å². The van der Waals surface area contributed by atoms with Gasteiger partial charge in [0, 0.05) is 49.7 Å². The first-order valence-corrected chi connectivity index (χ1v) is 11.4. The Morgan fingerprint density at radius 3 is 2.50 bits per heavy atom. The van der Waals surface area contributed by atoms with Gasteiger partial charge in [-0.3, -0.25) is 4.98 Å². The van der Waals surface area contributed by atoms with Gasteiger partial charge in [-0.25, -0.2) is 4.98 Å². The monoisotopic (exact) mass is 426 g/mol. The molecule has 2 aromatic heterocycles. The van der Waals surface area contributed by atoms with E-state index >= 15 is 0 Å². The largest absolute Gasteiger partial charge is 0.362 e. The quantitative estimate of drug-likeness (QED) is 0.464. The molecule has 0 saturated heterocycles. The highest BCUT2D eigenvalue weighted by Crippen LogP contribution is 2.26. The molecule has 1 fully saturated rings. The number of para-hydroxylation sites is 2. The van der Waals surface area contributed by atoms with Crippen LogP contribution in [0.1, 0.15) is 31.2 Å². The van der Waals surface area contributed by atoms with Crippen molar-refractivity contribution in [3.8, 4) is 0 Å². The van der Waals surface area contributed by atoms with Gasteiger partial charge in [0.1, 0.15) is 5.82 Å². The summed E-state index contributed by atoms with van der Waals surface area (Å²) >= 11 is 0. The Balaban J connectivity index is 1.20. The van der Waals surface area contributed by atoms with Crippen LogP contribution in [-0.4, -0.2) is 41.1 Å². The fourth-order valence-corrected chi connectivity index (χ4v) is 4.65. The average Bonchev–Trinajstić information content (AvgIpc) is 2.83. The molecule has 0 atom stereocenters. The molecule has 0 amide bonds. The van der Waals surface area contributed by atoms with Crippen molar-refractivity contribution in [3.05, 3.63) is 66.4 Å². The summed E-state index contributed by atoms with van der Waals surface area (Å²) in [6.07, 6.45) is 6.38. The summed E-state index contributed by atoms with van der Waals surface area (Å²) in [5, 5.41) is 9.64. The van der Waals surface area contributed by atoms with Gasteiger partial charge in [0.15, 0.2) is 0 Å². The van der Waals surface area contributed by atoms with Crippen LogP contribution in [-0.2, 0) is 6.54 Å². The van der Waals surface area contributed by atoms with Crippen molar-refractivity contribution in [2.24, 2.45) is 0 Å². The molecule has 5 rings (SSSR count). The number of rotatable bonds is 6. The minimum Gasteiger partial charge on any atom is -0.362 e. The molecule has 6 heteroatoms. The number of hydrogen-bond donors (Lipinski definition) is 2. The van der Waals surface area contributed by atoms with Gasteiger partial charge in [-0.05, 0) is 49.4 Å². The second kappa shape index (κ2) is 9.09. The molecule has 0 spiro atoms. The lowest BCUT2D eigenvalue weighted by atomic mass is 9.91. The minimum atomic E-state index is 0.406. The highest BCUT2D eigenvalue weighted by atomic mass is 15.2. The van der Waals surface area contributed by atoms with E-state index in [1.54, 1.807) is 0 Å². The van der Waals surface area contributed by atoms with E-state index in [1.807, 2.05) is 38.5 Å². The third kappa shape index (κ3) is 4.36. The highest BCUT2D eigenvalue weighted by molar-refractivity contribution is 5.90. The van der Waals surface area contributed by atoms with Crippen LogP contribution in [0.5, 0.6) is 0 Å². The second-order valence-electron chi connectivity index (χ2n) is 8.85. The van der Waals surface area contributed by atoms with Crippen molar-refractivity contribution in [2.45, 2.75) is 44.3 Å². The van der Waals surface area contributed by atoms with Gasteiger partial charge < -0.3 is 15.5 Å². The fourth-order valence-electron chi connectivity index (χ4n) is 4.65. The molecular formula is C26H30N6. The molecule has 0 radical (unpaired) electrons. The third-order valence-corrected chi connectivity index (χ3v) is 6.36. The SMILES string of the molecule is CN(C)c1nc(N[C@H]2CC[C@@H](NCc3cccc4cccnc34)CC2)nc2ccccc12. The van der Waals surface area contributed by atoms with Crippen molar-refractivity contribution < 1.29 is 0 Å². The van der Waals surface area contributed by atoms with E-state index < -0.39 is 0 Å². The summed E-state index contributed by atoms with van der Waals surface area (Å²) in [6.45, 7) is 0.858. The number of anilines is 2. The summed E-state index contributed by atoms with van der Waals surface area (Å²) in [4.78, 5) is 16.2. The lowest BCUT2D eigenvalue weighted by Gasteiger charge is -2.30.